The van der Waals surface area contributed by atoms with Crippen LogP contribution in [-0.4, -0.2) is 18.7 Å². The monoisotopic (exact) mass is 1040 g/mol. The van der Waals surface area contributed by atoms with Gasteiger partial charge in [0.2, 0.25) is 0 Å². The average Bonchev–Trinajstić information content (AvgIpc) is 4.19. The van der Waals surface area contributed by atoms with Crippen molar-refractivity contribution in [2.75, 3.05) is 0 Å². The van der Waals surface area contributed by atoms with Crippen molar-refractivity contribution in [1.82, 2.24) is 18.7 Å². The number of ether oxygens (including phenoxy) is 1. The van der Waals surface area contributed by atoms with E-state index >= 15 is 0 Å². The Hall–Kier alpha value is -8.31. The summed E-state index contributed by atoms with van der Waals surface area (Å²) in [6.07, 6.45) is 5.45. The zero-order chi connectivity index (χ0) is 50.3. The molecule has 1 aliphatic heterocycles. The molecule has 0 bridgehead atoms. The van der Waals surface area contributed by atoms with Crippen molar-refractivity contribution in [1.29, 1.82) is 0 Å². The Morgan fingerprint density at radius 3 is 1.90 bits per heavy atom. The summed E-state index contributed by atoms with van der Waals surface area (Å²) in [5, 5.41) is 4.19. The Kier molecular flexibility index (Phi) is 7.25. The van der Waals surface area contributed by atoms with Gasteiger partial charge in [0.15, 0.2) is 0 Å². The largest absolute Gasteiger partial charge is 0.510 e. The molecule has 7 heteroatoms. The molecule has 5 heterocycles. The van der Waals surface area contributed by atoms with Crippen molar-refractivity contribution >= 4 is 54.6 Å². The molecular formula is C60H35N5OPt-2. The second kappa shape index (κ2) is 15.4. The smallest absolute Gasteiger partial charge is 0.268 e. The molecule has 0 fully saturated rings. The maximum absolute atomic E-state index is 9.38. The quantitative estimate of drug-likeness (QED) is 0.127. The number of rotatable bonds is 5. The van der Waals surface area contributed by atoms with Crippen LogP contribution < -0.4 is 9.30 Å². The summed E-state index contributed by atoms with van der Waals surface area (Å²) in [7, 11) is 0. The van der Waals surface area contributed by atoms with E-state index in [0.717, 1.165) is 55.1 Å². The van der Waals surface area contributed by atoms with Gasteiger partial charge in [0, 0.05) is 54.5 Å². The van der Waals surface area contributed by atoms with Crippen LogP contribution in [0.4, 0.5) is 0 Å². The minimum absolute atomic E-state index is 0. The van der Waals surface area contributed by atoms with E-state index in [1.54, 1.807) is 33.4 Å². The number of hydrogen-bond acceptors (Lipinski definition) is 2. The van der Waals surface area contributed by atoms with E-state index in [1.807, 2.05) is 85.1 Å². The van der Waals surface area contributed by atoms with Gasteiger partial charge in [-0.15, -0.1) is 29.7 Å². The molecule has 0 aliphatic carbocycles. The Morgan fingerprint density at radius 2 is 1.10 bits per heavy atom. The first-order valence-corrected chi connectivity index (χ1v) is 21.5. The van der Waals surface area contributed by atoms with Gasteiger partial charge in [0.25, 0.3) is 6.33 Å². The number of para-hydroxylation sites is 5. The number of benzene rings is 9. The third kappa shape index (κ3) is 6.00. The van der Waals surface area contributed by atoms with E-state index in [-0.39, 0.29) is 55.4 Å². The van der Waals surface area contributed by atoms with E-state index in [0.29, 0.717) is 45.0 Å². The predicted octanol–water partition coefficient (Wildman–Crippen LogP) is 14.0. The van der Waals surface area contributed by atoms with Gasteiger partial charge < -0.3 is 18.4 Å². The topological polar surface area (TPSA) is 40.8 Å². The summed E-state index contributed by atoms with van der Waals surface area (Å²) in [6.45, 7) is 0. The number of pyridine rings is 1. The fourth-order valence-electron chi connectivity index (χ4n) is 9.75. The minimum Gasteiger partial charge on any atom is -0.510 e. The molecule has 13 aromatic rings. The molecule has 4 aromatic heterocycles. The van der Waals surface area contributed by atoms with E-state index in [4.69, 9.17) is 15.2 Å². The zero-order valence-electron chi connectivity index (χ0n) is 43.0. The maximum atomic E-state index is 9.38. The van der Waals surface area contributed by atoms with Crippen molar-refractivity contribution in [2.45, 2.75) is 0 Å². The fraction of sp³-hybridized carbons (Fsp3) is 0. The van der Waals surface area contributed by atoms with Gasteiger partial charge in [-0.25, -0.2) is 4.98 Å². The summed E-state index contributed by atoms with van der Waals surface area (Å²) in [4.78, 5) is 5.12. The van der Waals surface area contributed by atoms with E-state index < -0.39 is 36.3 Å². The summed E-state index contributed by atoms with van der Waals surface area (Å²) < 4.78 is 86.9. The fourth-order valence-corrected chi connectivity index (χ4v) is 9.75. The molecule has 14 rings (SSSR count). The molecule has 0 radical (unpaired) electrons. The molecule has 0 saturated heterocycles. The molecule has 6 nitrogen and oxygen atoms in total. The van der Waals surface area contributed by atoms with Crippen molar-refractivity contribution in [2.24, 2.45) is 0 Å². The summed E-state index contributed by atoms with van der Waals surface area (Å²) in [5.74, 6) is 1.56. The second-order valence-electron chi connectivity index (χ2n) is 16.1. The molecule has 0 amide bonds. The van der Waals surface area contributed by atoms with Crippen LogP contribution in [0.25, 0.3) is 111 Å². The number of fused-ring (bicyclic) bond motifs is 13. The van der Waals surface area contributed by atoms with Crippen LogP contribution >= 0.6 is 0 Å². The first kappa shape index (κ1) is 31.5. The molecule has 67 heavy (non-hydrogen) atoms. The summed E-state index contributed by atoms with van der Waals surface area (Å²) >= 11 is 0. The van der Waals surface area contributed by atoms with E-state index in [9.17, 15) is 5.48 Å². The second-order valence-corrected chi connectivity index (χ2v) is 16.1. The molecular weight excluding hydrogens is 1000 g/mol. The molecule has 0 unspecified atom stereocenters. The average molecular weight is 1050 g/mol. The Bertz CT molecular complexity index is 4590. The molecule has 318 valence electrons. The van der Waals surface area contributed by atoms with Crippen LogP contribution in [0.3, 0.4) is 0 Å². The number of nitrogens with zero attached hydrogens (tertiary/aromatic N) is 5. The third-order valence-electron chi connectivity index (χ3n) is 12.5. The van der Waals surface area contributed by atoms with Gasteiger partial charge in [-0.2, -0.15) is 18.2 Å². The van der Waals surface area contributed by atoms with Crippen LogP contribution in [0.15, 0.2) is 212 Å². The van der Waals surface area contributed by atoms with E-state index in [1.165, 1.54) is 0 Å². The normalized spacial score (nSPS) is 13.4. The third-order valence-corrected chi connectivity index (χ3v) is 12.5. The summed E-state index contributed by atoms with van der Waals surface area (Å²) in [6, 6.07) is 54.7. The number of hydrogen-bond donors (Lipinski definition) is 0. The summed E-state index contributed by atoms with van der Waals surface area (Å²) in [5.41, 5.74) is 8.04. The maximum Gasteiger partial charge on any atom is 0.268 e. The number of aromatic nitrogens is 5. The van der Waals surface area contributed by atoms with Crippen molar-refractivity contribution in [3.63, 3.8) is 0 Å². The van der Waals surface area contributed by atoms with Crippen LogP contribution in [0.1, 0.15) is 11.0 Å². The van der Waals surface area contributed by atoms with Crippen LogP contribution in [0, 0.1) is 18.5 Å². The molecule has 0 atom stereocenters. The van der Waals surface area contributed by atoms with Crippen molar-refractivity contribution in [3.05, 3.63) is 231 Å². The predicted molar refractivity (Wildman–Crippen MR) is 264 cm³/mol. The van der Waals surface area contributed by atoms with Gasteiger partial charge in [0.1, 0.15) is 5.82 Å². The molecule has 1 aliphatic rings. The first-order valence-electron chi connectivity index (χ1n) is 25.5. The number of imidazole rings is 1. The molecule has 0 spiro atoms. The Morgan fingerprint density at radius 1 is 0.493 bits per heavy atom. The van der Waals surface area contributed by atoms with Crippen LogP contribution in [0.2, 0.25) is 0 Å². The van der Waals surface area contributed by atoms with Gasteiger partial charge in [-0.3, -0.25) is 4.57 Å². The SMILES string of the molecule is [2H]c1c([2H])c([2H])c2c(c1[2H])-c1ccccc1-[n+]1[c-]n(-c3[c-]c(Oc4[c-]c5c(cc4)c4ccccc4n5-c4cc5c6ccccc6n(-c6ccccc6)c5cn4)ccc3)c3cccc(c31)-c1c([2H])c([2H])c([2H])c([2H])c1-2.[Pt]. The Labute approximate surface area is 411 Å². The van der Waals surface area contributed by atoms with Gasteiger partial charge in [0.05, 0.1) is 44.9 Å². The van der Waals surface area contributed by atoms with Crippen molar-refractivity contribution in [3.8, 4) is 67.8 Å². The Balaban J connectivity index is 0.00000541. The minimum atomic E-state index is -0.519. The van der Waals surface area contributed by atoms with Gasteiger partial charge in [-0.05, 0) is 80.9 Å². The molecule has 0 saturated carbocycles. The molecule has 9 aromatic carbocycles. The van der Waals surface area contributed by atoms with Crippen molar-refractivity contribution < 1.29 is 41.3 Å². The van der Waals surface area contributed by atoms with Crippen LogP contribution in [0.5, 0.6) is 11.5 Å². The zero-order valence-corrected chi connectivity index (χ0v) is 37.3. The standard InChI is InChI=1S/C60H35N5O.Pt/c1-2-16-39(17-3-1)64-54-29-12-10-26-49(54)52-36-59(61-37-58(52)64)65-55-30-13-9-25-48(55)50-33-32-42(35-57(50)65)66-41-19-14-18-40(34-41)62-38-63-53-28-11-8-24-47(53)45-22-6-4-20-43(45)44-21-5-7-23-46(44)51-27-15-31-56(62)60(51)63;/h1-33,36-37H;/q-2;/i4D,5D,6D,7D,20D,21D,22D,23D;. The van der Waals surface area contributed by atoms with Gasteiger partial charge >= 0.3 is 0 Å². The van der Waals surface area contributed by atoms with E-state index in [2.05, 4.69) is 82.2 Å². The first-order chi connectivity index (χ1) is 36.1. The van der Waals surface area contributed by atoms with Gasteiger partial charge in [-0.1, -0.05) is 145 Å². The molecule has 0 N–H and O–H groups in total. The van der Waals surface area contributed by atoms with Crippen LogP contribution in [-0.2, 0) is 21.1 Å².